The van der Waals surface area contributed by atoms with Crippen molar-refractivity contribution in [3.8, 4) is 17.2 Å². The summed E-state index contributed by atoms with van der Waals surface area (Å²) in [5, 5.41) is 16.9. The number of carbonyl (C=O) groups is 1. The lowest BCUT2D eigenvalue weighted by Crippen LogP contribution is -2.09. The molecule has 1 atom stereocenters. The van der Waals surface area contributed by atoms with Gasteiger partial charge in [0.15, 0.2) is 6.10 Å². The van der Waals surface area contributed by atoms with Gasteiger partial charge in [0.05, 0.1) is 5.56 Å². The number of benzene rings is 2. The summed E-state index contributed by atoms with van der Waals surface area (Å²) < 4.78 is 23.6. The number of phenolic OH excluding ortho intramolecular Hbond substituents is 1. The second-order valence-electron chi connectivity index (χ2n) is 5.05. The maximum absolute atomic E-state index is 12.9. The minimum absolute atomic E-state index is 0.0560. The zero-order chi connectivity index (χ0) is 17.1. The van der Waals surface area contributed by atoms with Crippen molar-refractivity contribution in [2.24, 2.45) is 0 Å². The topological polar surface area (TPSA) is 85.5 Å². The Morgan fingerprint density at radius 2 is 1.79 bits per heavy atom. The van der Waals surface area contributed by atoms with Crippen LogP contribution in [-0.2, 0) is 4.74 Å². The third-order valence-electron chi connectivity index (χ3n) is 3.27. The van der Waals surface area contributed by atoms with Crippen LogP contribution in [-0.4, -0.2) is 21.3 Å². The van der Waals surface area contributed by atoms with Crippen LogP contribution < -0.4 is 0 Å². The van der Waals surface area contributed by atoms with Gasteiger partial charge in [-0.2, -0.15) is 0 Å². The monoisotopic (exact) mass is 328 g/mol. The van der Waals surface area contributed by atoms with E-state index in [0.29, 0.717) is 5.56 Å². The Balaban J connectivity index is 1.71. The number of hydrogen-bond donors (Lipinski definition) is 1. The SMILES string of the molecule is C[C@@H](OC(=O)c1ccc(O)cc1)c1nnc(-c2ccc(F)cc2)o1. The molecule has 0 fully saturated rings. The normalized spacial score (nSPS) is 11.9. The minimum Gasteiger partial charge on any atom is -0.508 e. The molecule has 2 aromatic carbocycles. The Hall–Kier alpha value is -3.22. The molecule has 0 aliphatic carbocycles. The first-order chi connectivity index (χ1) is 11.5. The third kappa shape index (κ3) is 3.40. The first-order valence-corrected chi connectivity index (χ1v) is 7.12. The van der Waals surface area contributed by atoms with Gasteiger partial charge in [0.2, 0.25) is 5.89 Å². The molecule has 0 saturated carbocycles. The van der Waals surface area contributed by atoms with E-state index in [9.17, 15) is 14.3 Å². The predicted octanol–water partition coefficient (Wildman–Crippen LogP) is 3.50. The molecule has 122 valence electrons. The molecule has 1 N–H and O–H groups in total. The van der Waals surface area contributed by atoms with Crippen LogP contribution in [0.15, 0.2) is 52.9 Å². The largest absolute Gasteiger partial charge is 0.508 e. The molecule has 3 rings (SSSR count). The van der Waals surface area contributed by atoms with Gasteiger partial charge < -0.3 is 14.3 Å². The molecule has 1 aromatic heterocycles. The van der Waals surface area contributed by atoms with Crippen LogP contribution in [0.2, 0.25) is 0 Å². The second kappa shape index (κ2) is 6.49. The van der Waals surface area contributed by atoms with E-state index in [0.717, 1.165) is 0 Å². The van der Waals surface area contributed by atoms with Crippen LogP contribution in [0.4, 0.5) is 4.39 Å². The van der Waals surface area contributed by atoms with E-state index in [2.05, 4.69) is 10.2 Å². The highest BCUT2D eigenvalue weighted by atomic mass is 19.1. The average molecular weight is 328 g/mol. The number of nitrogens with zero attached hydrogens (tertiary/aromatic N) is 2. The Labute approximate surface area is 136 Å². The van der Waals surface area contributed by atoms with Crippen molar-refractivity contribution in [1.82, 2.24) is 10.2 Å². The van der Waals surface area contributed by atoms with Gasteiger partial charge >= 0.3 is 5.97 Å². The van der Waals surface area contributed by atoms with E-state index in [-0.39, 0.29) is 28.9 Å². The molecule has 6 nitrogen and oxygen atoms in total. The molecule has 0 spiro atoms. The molecule has 1 heterocycles. The predicted molar refractivity (Wildman–Crippen MR) is 81.6 cm³/mol. The summed E-state index contributed by atoms with van der Waals surface area (Å²) in [4.78, 5) is 12.0. The van der Waals surface area contributed by atoms with Gasteiger partial charge in [-0.1, -0.05) is 0 Å². The quantitative estimate of drug-likeness (QED) is 0.738. The number of hydrogen-bond acceptors (Lipinski definition) is 6. The number of aromatic hydroxyl groups is 1. The number of halogens is 1. The highest BCUT2D eigenvalue weighted by Gasteiger charge is 2.20. The molecule has 0 saturated heterocycles. The zero-order valence-corrected chi connectivity index (χ0v) is 12.6. The van der Waals surface area contributed by atoms with Crippen LogP contribution >= 0.6 is 0 Å². The van der Waals surface area contributed by atoms with E-state index in [4.69, 9.17) is 9.15 Å². The number of esters is 1. The summed E-state index contributed by atoms with van der Waals surface area (Å²) in [5.41, 5.74) is 0.852. The van der Waals surface area contributed by atoms with Crippen molar-refractivity contribution < 1.29 is 23.4 Å². The van der Waals surface area contributed by atoms with Crippen molar-refractivity contribution >= 4 is 5.97 Å². The van der Waals surface area contributed by atoms with Gasteiger partial charge in [-0.25, -0.2) is 9.18 Å². The van der Waals surface area contributed by atoms with Crippen LogP contribution in [0.5, 0.6) is 5.75 Å². The molecule has 0 unspecified atom stereocenters. The maximum Gasteiger partial charge on any atom is 0.338 e. The summed E-state index contributed by atoms with van der Waals surface area (Å²) in [6.07, 6.45) is -0.756. The second-order valence-corrected chi connectivity index (χ2v) is 5.05. The minimum atomic E-state index is -0.756. The standard InChI is InChI=1S/C17H13FN2O4/c1-10(23-17(22)12-4-8-14(21)9-5-12)15-19-20-16(24-15)11-2-6-13(18)7-3-11/h2-10,21H,1H3/t10-/m1/s1. The Bertz CT molecular complexity index is 844. The fraction of sp³-hybridized carbons (Fsp3) is 0.118. The summed E-state index contributed by atoms with van der Waals surface area (Å²) in [5.74, 6) is -0.557. The lowest BCUT2D eigenvalue weighted by molar-refractivity contribution is 0.0280. The van der Waals surface area contributed by atoms with Crippen LogP contribution in [0.25, 0.3) is 11.5 Å². The van der Waals surface area contributed by atoms with E-state index >= 15 is 0 Å². The maximum atomic E-state index is 12.9. The number of carbonyl (C=O) groups excluding carboxylic acids is 1. The van der Waals surface area contributed by atoms with Gasteiger partial charge in [0.1, 0.15) is 11.6 Å². The van der Waals surface area contributed by atoms with Crippen molar-refractivity contribution in [2.45, 2.75) is 13.0 Å². The van der Waals surface area contributed by atoms with E-state index in [1.54, 1.807) is 6.92 Å². The van der Waals surface area contributed by atoms with Crippen molar-refractivity contribution in [1.29, 1.82) is 0 Å². The van der Waals surface area contributed by atoms with Crippen molar-refractivity contribution in [3.63, 3.8) is 0 Å². The highest BCUT2D eigenvalue weighted by molar-refractivity contribution is 5.89. The van der Waals surface area contributed by atoms with Gasteiger partial charge in [0, 0.05) is 5.56 Å². The number of aromatic nitrogens is 2. The fourth-order valence-electron chi connectivity index (χ4n) is 1.98. The van der Waals surface area contributed by atoms with Crippen LogP contribution in [0, 0.1) is 5.82 Å². The summed E-state index contributed by atoms with van der Waals surface area (Å²) in [6.45, 7) is 1.60. The first-order valence-electron chi connectivity index (χ1n) is 7.12. The summed E-state index contributed by atoms with van der Waals surface area (Å²) in [7, 11) is 0. The zero-order valence-electron chi connectivity index (χ0n) is 12.6. The van der Waals surface area contributed by atoms with Gasteiger partial charge in [-0.15, -0.1) is 10.2 Å². The van der Waals surface area contributed by atoms with Gasteiger partial charge in [-0.05, 0) is 55.5 Å². The lowest BCUT2D eigenvalue weighted by atomic mass is 10.2. The molecular weight excluding hydrogens is 315 g/mol. The van der Waals surface area contributed by atoms with Crippen LogP contribution in [0.1, 0.15) is 29.3 Å². The number of ether oxygens (including phenoxy) is 1. The molecule has 24 heavy (non-hydrogen) atoms. The first kappa shape index (κ1) is 15.7. The molecule has 3 aromatic rings. The van der Waals surface area contributed by atoms with Crippen molar-refractivity contribution in [2.75, 3.05) is 0 Å². The Kier molecular flexibility index (Phi) is 4.24. The molecule has 0 aliphatic heterocycles. The average Bonchev–Trinajstić information content (AvgIpc) is 3.06. The van der Waals surface area contributed by atoms with Gasteiger partial charge in [0.25, 0.3) is 5.89 Å². The third-order valence-corrected chi connectivity index (χ3v) is 3.27. The number of rotatable bonds is 4. The van der Waals surface area contributed by atoms with E-state index in [1.807, 2.05) is 0 Å². The fourth-order valence-corrected chi connectivity index (χ4v) is 1.98. The smallest absolute Gasteiger partial charge is 0.338 e. The van der Waals surface area contributed by atoms with Crippen LogP contribution in [0.3, 0.4) is 0 Å². The lowest BCUT2D eigenvalue weighted by Gasteiger charge is -2.09. The Morgan fingerprint density at radius 1 is 1.12 bits per heavy atom. The Morgan fingerprint density at radius 3 is 2.46 bits per heavy atom. The molecule has 0 bridgehead atoms. The van der Waals surface area contributed by atoms with Gasteiger partial charge in [-0.3, -0.25) is 0 Å². The van der Waals surface area contributed by atoms with E-state index < -0.39 is 12.1 Å². The highest BCUT2D eigenvalue weighted by Crippen LogP contribution is 2.23. The van der Waals surface area contributed by atoms with Crippen molar-refractivity contribution in [3.05, 3.63) is 65.8 Å². The molecule has 7 heteroatoms. The molecule has 0 radical (unpaired) electrons. The molecular formula is C17H13FN2O4. The molecule has 0 amide bonds. The summed E-state index contributed by atoms with van der Waals surface area (Å²) in [6, 6.07) is 11.3. The number of phenols is 1. The molecule has 0 aliphatic rings. The van der Waals surface area contributed by atoms with E-state index in [1.165, 1.54) is 48.5 Å². The summed E-state index contributed by atoms with van der Waals surface area (Å²) >= 11 is 0.